The first-order valence-electron chi connectivity index (χ1n) is 10.6. The van der Waals surface area contributed by atoms with Crippen LogP contribution in [0.1, 0.15) is 30.1 Å². The van der Waals surface area contributed by atoms with Gasteiger partial charge in [0, 0.05) is 44.8 Å². The van der Waals surface area contributed by atoms with Crippen LogP contribution in [0.15, 0.2) is 48.9 Å². The van der Waals surface area contributed by atoms with Gasteiger partial charge in [0.25, 0.3) is 5.91 Å². The molecule has 7 nitrogen and oxygen atoms in total. The number of rotatable bonds is 6. The first kappa shape index (κ1) is 21.7. The molecule has 1 amide bonds. The molecular formula is C24H26FN5O2. The van der Waals surface area contributed by atoms with Crippen LogP contribution in [0.4, 0.5) is 10.3 Å². The summed E-state index contributed by atoms with van der Waals surface area (Å²) in [5, 5.41) is 0. The Morgan fingerprint density at radius 1 is 1.22 bits per heavy atom. The number of carbonyl (C=O) groups excluding carboxylic acids is 1. The van der Waals surface area contributed by atoms with Gasteiger partial charge in [-0.05, 0) is 49.1 Å². The molecule has 0 radical (unpaired) electrons. The fraction of sp³-hybridized carbons (Fsp3) is 0.333. The maximum absolute atomic E-state index is 13.9. The maximum atomic E-state index is 13.9. The molecule has 0 unspecified atom stereocenters. The molecule has 1 aromatic carbocycles. The van der Waals surface area contributed by atoms with Crippen molar-refractivity contribution in [2.75, 3.05) is 32.1 Å². The van der Waals surface area contributed by atoms with E-state index in [0.717, 1.165) is 35.2 Å². The van der Waals surface area contributed by atoms with E-state index < -0.39 is 5.82 Å². The second-order valence-corrected chi connectivity index (χ2v) is 8.02. The van der Waals surface area contributed by atoms with Crippen LogP contribution in [-0.2, 0) is 4.79 Å². The van der Waals surface area contributed by atoms with Crippen LogP contribution in [0.25, 0.3) is 11.1 Å². The monoisotopic (exact) mass is 435 g/mol. The predicted octanol–water partition coefficient (Wildman–Crippen LogP) is 3.79. The summed E-state index contributed by atoms with van der Waals surface area (Å²) in [4.78, 5) is 30.2. The van der Waals surface area contributed by atoms with E-state index in [-0.39, 0.29) is 24.3 Å². The van der Waals surface area contributed by atoms with Gasteiger partial charge >= 0.3 is 0 Å². The van der Waals surface area contributed by atoms with E-state index in [1.54, 1.807) is 29.4 Å². The number of aromatic nitrogens is 3. The van der Waals surface area contributed by atoms with Crippen molar-refractivity contribution in [1.29, 1.82) is 0 Å². The van der Waals surface area contributed by atoms with Crippen LogP contribution in [0.3, 0.4) is 0 Å². The molecule has 1 saturated heterocycles. The van der Waals surface area contributed by atoms with Crippen molar-refractivity contribution < 1.29 is 13.9 Å². The standard InChI is InChI=1S/C24H26FN5O2/c1-16-13-26-11-10-17(16)18-14-27-24(29(2)3)28-23(18)20-8-6-12-30(20)22(31)15-32-21-9-5-4-7-19(21)25/h4-5,7,9-11,13-14,20H,6,8,12,15H2,1-3H3/t20-/m0/s1. The molecule has 3 aromatic rings. The largest absolute Gasteiger partial charge is 0.481 e. The molecule has 2 aromatic heterocycles. The quantitative estimate of drug-likeness (QED) is 0.587. The molecule has 1 fully saturated rings. The third-order valence-corrected chi connectivity index (χ3v) is 5.59. The number of aryl methyl sites for hydroxylation is 1. The lowest BCUT2D eigenvalue weighted by Crippen LogP contribution is -2.35. The molecular weight excluding hydrogens is 409 g/mol. The van der Waals surface area contributed by atoms with Gasteiger partial charge in [0.15, 0.2) is 18.2 Å². The van der Waals surface area contributed by atoms with Gasteiger partial charge in [-0.25, -0.2) is 14.4 Å². The summed E-state index contributed by atoms with van der Waals surface area (Å²) in [5.41, 5.74) is 3.68. The summed E-state index contributed by atoms with van der Waals surface area (Å²) < 4.78 is 19.4. The lowest BCUT2D eigenvalue weighted by Gasteiger charge is -2.27. The molecule has 4 rings (SSSR count). The SMILES string of the molecule is Cc1cnccc1-c1cnc(N(C)C)nc1[C@@H]1CCCN1C(=O)COc1ccccc1F. The predicted molar refractivity (Wildman–Crippen MR) is 120 cm³/mol. The number of hydrogen-bond donors (Lipinski definition) is 0. The van der Waals surface area contributed by atoms with E-state index in [9.17, 15) is 9.18 Å². The first-order chi connectivity index (χ1) is 15.5. The number of pyridine rings is 1. The maximum Gasteiger partial charge on any atom is 0.261 e. The minimum absolute atomic E-state index is 0.0710. The number of carbonyl (C=O) groups is 1. The lowest BCUT2D eigenvalue weighted by atomic mass is 9.98. The van der Waals surface area contributed by atoms with Gasteiger partial charge in [-0.15, -0.1) is 0 Å². The van der Waals surface area contributed by atoms with Crippen molar-refractivity contribution in [2.45, 2.75) is 25.8 Å². The Morgan fingerprint density at radius 2 is 2.03 bits per heavy atom. The summed E-state index contributed by atoms with van der Waals surface area (Å²) in [6.45, 7) is 2.36. The fourth-order valence-corrected chi connectivity index (χ4v) is 3.97. The van der Waals surface area contributed by atoms with E-state index in [1.807, 2.05) is 38.2 Å². The Hall–Kier alpha value is -3.55. The summed E-state index contributed by atoms with van der Waals surface area (Å²) in [7, 11) is 3.77. The second kappa shape index (κ2) is 9.30. The summed E-state index contributed by atoms with van der Waals surface area (Å²) in [6, 6.07) is 7.81. The van der Waals surface area contributed by atoms with E-state index in [0.29, 0.717) is 12.5 Å². The average molecular weight is 436 g/mol. The number of hydrogen-bond acceptors (Lipinski definition) is 6. The smallest absolute Gasteiger partial charge is 0.261 e. The molecule has 1 aliphatic heterocycles. The van der Waals surface area contributed by atoms with Crippen LogP contribution < -0.4 is 9.64 Å². The average Bonchev–Trinajstić information content (AvgIpc) is 3.28. The summed E-state index contributed by atoms with van der Waals surface area (Å²) in [5.74, 6) is -0.0303. The molecule has 0 aliphatic carbocycles. The van der Waals surface area contributed by atoms with Crippen LogP contribution in [0.2, 0.25) is 0 Å². The fourth-order valence-electron chi connectivity index (χ4n) is 3.97. The van der Waals surface area contributed by atoms with Crippen LogP contribution in [0, 0.1) is 12.7 Å². The highest BCUT2D eigenvalue weighted by Gasteiger charge is 2.33. The second-order valence-electron chi connectivity index (χ2n) is 8.02. The van der Waals surface area contributed by atoms with Crippen molar-refractivity contribution in [2.24, 2.45) is 0 Å². The number of likely N-dealkylation sites (tertiary alicyclic amines) is 1. The zero-order chi connectivity index (χ0) is 22.7. The number of nitrogens with zero attached hydrogens (tertiary/aromatic N) is 5. The molecule has 32 heavy (non-hydrogen) atoms. The number of halogens is 1. The number of ether oxygens (including phenoxy) is 1. The minimum atomic E-state index is -0.486. The number of para-hydroxylation sites is 1. The molecule has 3 heterocycles. The lowest BCUT2D eigenvalue weighted by molar-refractivity contribution is -0.134. The van der Waals surface area contributed by atoms with Crippen molar-refractivity contribution in [3.8, 4) is 16.9 Å². The molecule has 0 saturated carbocycles. The van der Waals surface area contributed by atoms with E-state index >= 15 is 0 Å². The van der Waals surface area contributed by atoms with Gasteiger partial charge in [-0.2, -0.15) is 0 Å². The van der Waals surface area contributed by atoms with Gasteiger partial charge < -0.3 is 14.5 Å². The van der Waals surface area contributed by atoms with Gasteiger partial charge in [-0.1, -0.05) is 12.1 Å². The van der Waals surface area contributed by atoms with E-state index in [4.69, 9.17) is 9.72 Å². The third kappa shape index (κ3) is 4.39. The van der Waals surface area contributed by atoms with Crippen molar-refractivity contribution in [1.82, 2.24) is 19.9 Å². The molecule has 0 bridgehead atoms. The van der Waals surface area contributed by atoms with E-state index in [1.165, 1.54) is 12.1 Å². The highest BCUT2D eigenvalue weighted by Crippen LogP contribution is 2.38. The zero-order valence-corrected chi connectivity index (χ0v) is 18.5. The highest BCUT2D eigenvalue weighted by atomic mass is 19.1. The van der Waals surface area contributed by atoms with Gasteiger partial charge in [0.2, 0.25) is 5.95 Å². The first-order valence-corrected chi connectivity index (χ1v) is 10.6. The Bertz CT molecular complexity index is 1120. The third-order valence-electron chi connectivity index (χ3n) is 5.59. The molecule has 0 N–H and O–H groups in total. The zero-order valence-electron chi connectivity index (χ0n) is 18.5. The van der Waals surface area contributed by atoms with Gasteiger partial charge in [0.05, 0.1) is 11.7 Å². The highest BCUT2D eigenvalue weighted by molar-refractivity contribution is 5.79. The van der Waals surface area contributed by atoms with E-state index in [2.05, 4.69) is 9.97 Å². The Balaban J connectivity index is 1.65. The van der Waals surface area contributed by atoms with Crippen LogP contribution >= 0.6 is 0 Å². The van der Waals surface area contributed by atoms with Gasteiger partial charge in [-0.3, -0.25) is 9.78 Å². The normalized spacial score (nSPS) is 15.6. The number of anilines is 1. The van der Waals surface area contributed by atoms with Crippen molar-refractivity contribution >= 4 is 11.9 Å². The minimum Gasteiger partial charge on any atom is -0.481 e. The summed E-state index contributed by atoms with van der Waals surface area (Å²) >= 11 is 0. The van der Waals surface area contributed by atoms with Crippen LogP contribution in [-0.4, -0.2) is 53.0 Å². The number of benzene rings is 1. The number of amides is 1. The Morgan fingerprint density at radius 3 is 2.78 bits per heavy atom. The van der Waals surface area contributed by atoms with Crippen LogP contribution in [0.5, 0.6) is 5.75 Å². The molecule has 1 atom stereocenters. The molecule has 0 spiro atoms. The van der Waals surface area contributed by atoms with Crippen molar-refractivity contribution in [3.05, 3.63) is 66.0 Å². The Labute approximate surface area is 186 Å². The van der Waals surface area contributed by atoms with Crippen molar-refractivity contribution in [3.63, 3.8) is 0 Å². The summed E-state index contributed by atoms with van der Waals surface area (Å²) in [6.07, 6.45) is 7.00. The molecule has 1 aliphatic rings. The molecule has 166 valence electrons. The van der Waals surface area contributed by atoms with Gasteiger partial charge in [0.1, 0.15) is 0 Å². The molecule has 8 heteroatoms. The Kier molecular flexibility index (Phi) is 6.30. The topological polar surface area (TPSA) is 71.5 Å².